The summed E-state index contributed by atoms with van der Waals surface area (Å²) in [5.74, 6) is 0.110. The Hall–Kier alpha value is -4.17. The molecule has 1 aliphatic heterocycles. The summed E-state index contributed by atoms with van der Waals surface area (Å²) in [6.45, 7) is 2.15. The number of amides is 2. The van der Waals surface area contributed by atoms with E-state index < -0.39 is 11.8 Å². The molecule has 0 atom stereocenters. The third-order valence-corrected chi connectivity index (χ3v) is 5.09. The third kappa shape index (κ3) is 4.70. The van der Waals surface area contributed by atoms with Crippen molar-refractivity contribution in [2.45, 2.75) is 6.92 Å². The molecule has 0 spiro atoms. The molecule has 2 amide bonds. The lowest BCUT2D eigenvalue weighted by molar-refractivity contribution is -0.122. The van der Waals surface area contributed by atoms with E-state index in [0.29, 0.717) is 23.8 Å². The maximum Gasteiger partial charge on any atom is 0.270 e. The van der Waals surface area contributed by atoms with E-state index in [9.17, 15) is 14.7 Å². The number of anilines is 1. The van der Waals surface area contributed by atoms with Crippen LogP contribution in [-0.2, 0) is 9.59 Å². The summed E-state index contributed by atoms with van der Waals surface area (Å²) in [7, 11) is 0. The van der Waals surface area contributed by atoms with Gasteiger partial charge in [-0.15, -0.1) is 0 Å². The van der Waals surface area contributed by atoms with Crippen LogP contribution in [-0.4, -0.2) is 28.6 Å². The van der Waals surface area contributed by atoms with Gasteiger partial charge in [0.15, 0.2) is 16.6 Å². The van der Waals surface area contributed by atoms with Gasteiger partial charge in [-0.25, -0.2) is 0 Å². The van der Waals surface area contributed by atoms with Crippen LogP contribution in [0.2, 0.25) is 0 Å². The summed E-state index contributed by atoms with van der Waals surface area (Å²) >= 11 is 5.24. The number of phenols is 1. The van der Waals surface area contributed by atoms with E-state index in [1.807, 2.05) is 30.3 Å². The van der Waals surface area contributed by atoms with Gasteiger partial charge >= 0.3 is 0 Å². The van der Waals surface area contributed by atoms with E-state index in [1.165, 1.54) is 11.0 Å². The maximum atomic E-state index is 13.2. The number of hydrogen-bond donors (Lipinski definition) is 2. The Morgan fingerprint density at radius 1 is 0.970 bits per heavy atom. The first kappa shape index (κ1) is 22.0. The van der Waals surface area contributed by atoms with Gasteiger partial charge in [-0.05, 0) is 67.7 Å². The number of carbonyl (C=O) groups is 2. The third-order valence-electron chi connectivity index (χ3n) is 4.81. The lowest BCUT2D eigenvalue weighted by atomic mass is 10.1. The smallest absolute Gasteiger partial charge is 0.270 e. The average Bonchev–Trinajstić information content (AvgIpc) is 2.81. The maximum absolute atomic E-state index is 13.2. The van der Waals surface area contributed by atoms with Crippen molar-refractivity contribution >= 4 is 40.9 Å². The summed E-state index contributed by atoms with van der Waals surface area (Å²) in [5.41, 5.74) is 0.569. The van der Waals surface area contributed by atoms with E-state index in [2.05, 4.69) is 5.32 Å². The summed E-state index contributed by atoms with van der Waals surface area (Å²) in [6.07, 6.45) is 1.32. The number of phenolic OH excluding ortho intramolecular Hbond substituents is 1. The zero-order chi connectivity index (χ0) is 23.4. The van der Waals surface area contributed by atoms with Crippen molar-refractivity contribution in [3.8, 4) is 23.0 Å². The number of benzene rings is 3. The molecule has 1 aliphatic rings. The average molecular weight is 461 g/mol. The van der Waals surface area contributed by atoms with Gasteiger partial charge in [0.05, 0.1) is 12.3 Å². The standard InChI is InChI=1S/C25H20N2O5S/c1-2-31-21-10-6-7-16(22(21)28)15-20-23(29)26-25(33)27(24(20)30)17-11-13-19(14-12-17)32-18-8-4-3-5-9-18/h3-15,28H,2H2,1H3,(H,26,29,33). The van der Waals surface area contributed by atoms with Gasteiger partial charge in [0.25, 0.3) is 11.8 Å². The van der Waals surface area contributed by atoms with Crippen molar-refractivity contribution in [2.24, 2.45) is 0 Å². The predicted molar refractivity (Wildman–Crippen MR) is 128 cm³/mol. The highest BCUT2D eigenvalue weighted by Crippen LogP contribution is 2.32. The minimum Gasteiger partial charge on any atom is -0.504 e. The van der Waals surface area contributed by atoms with Crippen LogP contribution in [0.1, 0.15) is 12.5 Å². The molecule has 3 aromatic rings. The first-order chi connectivity index (χ1) is 16.0. The minimum absolute atomic E-state index is 0.0360. The van der Waals surface area contributed by atoms with Gasteiger partial charge in [0, 0.05) is 5.56 Å². The zero-order valence-electron chi connectivity index (χ0n) is 17.6. The van der Waals surface area contributed by atoms with Gasteiger partial charge in [0.2, 0.25) is 0 Å². The molecule has 33 heavy (non-hydrogen) atoms. The van der Waals surface area contributed by atoms with Crippen LogP contribution in [0.15, 0.2) is 78.4 Å². The van der Waals surface area contributed by atoms with Crippen LogP contribution in [0.4, 0.5) is 5.69 Å². The molecule has 3 aromatic carbocycles. The van der Waals surface area contributed by atoms with Crippen LogP contribution in [0.25, 0.3) is 6.08 Å². The molecule has 0 unspecified atom stereocenters. The number of thiocarbonyl (C=S) groups is 1. The fourth-order valence-electron chi connectivity index (χ4n) is 3.26. The molecular weight excluding hydrogens is 440 g/mol. The van der Waals surface area contributed by atoms with Gasteiger partial charge in [-0.1, -0.05) is 30.3 Å². The Morgan fingerprint density at radius 2 is 1.67 bits per heavy atom. The second kappa shape index (κ2) is 9.54. The Kier molecular flexibility index (Phi) is 6.37. The summed E-state index contributed by atoms with van der Waals surface area (Å²) in [5, 5.41) is 12.9. The highest BCUT2D eigenvalue weighted by Gasteiger charge is 2.34. The van der Waals surface area contributed by atoms with Gasteiger partial charge in [-0.3, -0.25) is 19.8 Å². The van der Waals surface area contributed by atoms with Crippen molar-refractivity contribution < 1.29 is 24.2 Å². The highest BCUT2D eigenvalue weighted by atomic mass is 32.1. The molecule has 166 valence electrons. The topological polar surface area (TPSA) is 88.1 Å². The quantitative estimate of drug-likeness (QED) is 0.322. The van der Waals surface area contributed by atoms with Crippen molar-refractivity contribution in [1.82, 2.24) is 5.32 Å². The molecule has 1 heterocycles. The lowest BCUT2D eigenvalue weighted by Gasteiger charge is -2.29. The van der Waals surface area contributed by atoms with Crippen molar-refractivity contribution in [2.75, 3.05) is 11.5 Å². The molecular formula is C25H20N2O5S. The number of rotatable bonds is 6. The van der Waals surface area contributed by atoms with Gasteiger partial charge in [0.1, 0.15) is 17.1 Å². The molecule has 8 heteroatoms. The Labute approximate surface area is 195 Å². The summed E-state index contributed by atoms with van der Waals surface area (Å²) < 4.78 is 11.2. The molecule has 0 aromatic heterocycles. The molecule has 0 saturated carbocycles. The molecule has 0 aliphatic carbocycles. The van der Waals surface area contributed by atoms with E-state index in [1.54, 1.807) is 49.4 Å². The van der Waals surface area contributed by atoms with Crippen LogP contribution < -0.4 is 19.7 Å². The molecule has 0 radical (unpaired) electrons. The number of hydrogen-bond acceptors (Lipinski definition) is 6. The summed E-state index contributed by atoms with van der Waals surface area (Å²) in [6, 6.07) is 20.9. The van der Waals surface area contributed by atoms with Gasteiger partial charge in [-0.2, -0.15) is 0 Å². The van der Waals surface area contributed by atoms with Crippen molar-refractivity contribution in [1.29, 1.82) is 0 Å². The first-order valence-electron chi connectivity index (χ1n) is 10.2. The number of nitrogens with one attached hydrogen (secondary N) is 1. The molecule has 1 saturated heterocycles. The highest BCUT2D eigenvalue weighted by molar-refractivity contribution is 7.80. The van der Waals surface area contributed by atoms with Gasteiger partial charge < -0.3 is 14.6 Å². The second-order valence-electron chi connectivity index (χ2n) is 6.99. The zero-order valence-corrected chi connectivity index (χ0v) is 18.5. The molecule has 0 bridgehead atoms. The van der Waals surface area contributed by atoms with E-state index in [-0.39, 0.29) is 27.7 Å². The SMILES string of the molecule is CCOc1cccc(C=C2C(=O)NC(=S)N(c3ccc(Oc4ccccc4)cc3)C2=O)c1O. The number of nitrogens with zero attached hydrogens (tertiary/aromatic N) is 1. The molecule has 2 N–H and O–H groups in total. The monoisotopic (exact) mass is 460 g/mol. The number of carbonyl (C=O) groups excluding carboxylic acids is 2. The predicted octanol–water partition coefficient (Wildman–Crippen LogP) is 4.41. The Morgan fingerprint density at radius 3 is 2.36 bits per heavy atom. The largest absolute Gasteiger partial charge is 0.504 e. The Balaban J connectivity index is 1.62. The van der Waals surface area contributed by atoms with Crippen LogP contribution >= 0.6 is 12.2 Å². The Bertz CT molecular complexity index is 1240. The molecule has 7 nitrogen and oxygen atoms in total. The summed E-state index contributed by atoms with van der Waals surface area (Å²) in [4.78, 5) is 27.0. The molecule has 1 fully saturated rings. The number of ether oxygens (including phenoxy) is 2. The molecule has 4 rings (SSSR count). The van der Waals surface area contributed by atoms with Crippen LogP contribution in [0, 0.1) is 0 Å². The second-order valence-corrected chi connectivity index (χ2v) is 7.38. The van der Waals surface area contributed by atoms with Crippen molar-refractivity contribution in [3.05, 3.63) is 83.9 Å². The van der Waals surface area contributed by atoms with E-state index in [4.69, 9.17) is 21.7 Å². The first-order valence-corrected chi connectivity index (χ1v) is 10.6. The van der Waals surface area contributed by atoms with E-state index >= 15 is 0 Å². The van der Waals surface area contributed by atoms with Crippen LogP contribution in [0.5, 0.6) is 23.0 Å². The van der Waals surface area contributed by atoms with Crippen LogP contribution in [0.3, 0.4) is 0 Å². The van der Waals surface area contributed by atoms with E-state index in [0.717, 1.165) is 0 Å². The number of para-hydroxylation sites is 2. The minimum atomic E-state index is -0.647. The fourth-order valence-corrected chi connectivity index (χ4v) is 3.54. The lowest BCUT2D eigenvalue weighted by Crippen LogP contribution is -2.54. The normalized spacial score (nSPS) is 14.9. The fraction of sp³-hybridized carbons (Fsp3) is 0.0800. The number of aromatic hydroxyl groups is 1. The van der Waals surface area contributed by atoms with Crippen molar-refractivity contribution in [3.63, 3.8) is 0 Å².